The van der Waals surface area contributed by atoms with Crippen molar-refractivity contribution in [3.8, 4) is 11.8 Å². The second-order valence-corrected chi connectivity index (χ2v) is 7.72. The number of aryl methyl sites for hydroxylation is 2. The van der Waals surface area contributed by atoms with Crippen LogP contribution in [0.25, 0.3) is 5.76 Å². The van der Waals surface area contributed by atoms with Gasteiger partial charge in [-0.2, -0.15) is 5.26 Å². The van der Waals surface area contributed by atoms with Crippen molar-refractivity contribution >= 4 is 23.1 Å². The molecular weight excluding hydrogens is 404 g/mol. The molecule has 0 aromatic heterocycles. The van der Waals surface area contributed by atoms with Crippen LogP contribution in [-0.4, -0.2) is 21.9 Å². The first kappa shape index (κ1) is 20.9. The number of benzene rings is 3. The summed E-state index contributed by atoms with van der Waals surface area (Å²) in [7, 11) is 0. The molecule has 1 atom stereocenters. The van der Waals surface area contributed by atoms with E-state index in [0.717, 1.165) is 11.1 Å². The van der Waals surface area contributed by atoms with Gasteiger partial charge in [-0.05, 0) is 73.0 Å². The summed E-state index contributed by atoms with van der Waals surface area (Å²) in [5, 5.41) is 30.3. The molecule has 3 aromatic carbocycles. The van der Waals surface area contributed by atoms with Crippen LogP contribution in [0, 0.1) is 25.2 Å². The number of ketones is 1. The summed E-state index contributed by atoms with van der Waals surface area (Å²) in [6.45, 7) is 3.84. The zero-order valence-corrected chi connectivity index (χ0v) is 17.5. The molecule has 0 aliphatic carbocycles. The highest BCUT2D eigenvalue weighted by Gasteiger charge is 2.47. The molecule has 0 radical (unpaired) electrons. The number of hydrogen-bond donors (Lipinski definition) is 2. The first-order valence-corrected chi connectivity index (χ1v) is 9.99. The molecule has 3 aromatic rings. The minimum Gasteiger partial charge on any atom is -0.508 e. The molecule has 0 bridgehead atoms. The highest BCUT2D eigenvalue weighted by Crippen LogP contribution is 2.42. The van der Waals surface area contributed by atoms with Gasteiger partial charge in [-0.15, -0.1) is 0 Å². The standard InChI is InChI=1S/C26H20N2O4/c1-15-6-9-19(12-16(15)2)24(30)22-23(18-4-3-5-21(29)13-18)28(26(32)25(22)31)20-10-7-17(14-27)8-11-20/h3-13,23,29-30H,1-2H3/b24-22-. The lowest BCUT2D eigenvalue weighted by atomic mass is 9.94. The Labute approximate surface area is 185 Å². The molecule has 1 aliphatic rings. The Morgan fingerprint density at radius 3 is 2.31 bits per heavy atom. The van der Waals surface area contributed by atoms with Crippen LogP contribution in [-0.2, 0) is 9.59 Å². The summed E-state index contributed by atoms with van der Waals surface area (Å²) < 4.78 is 0. The number of hydrogen-bond acceptors (Lipinski definition) is 5. The van der Waals surface area contributed by atoms with Gasteiger partial charge in [0.1, 0.15) is 11.5 Å². The zero-order valence-electron chi connectivity index (χ0n) is 17.5. The van der Waals surface area contributed by atoms with Crippen molar-refractivity contribution in [1.29, 1.82) is 5.26 Å². The Kier molecular flexibility index (Phi) is 5.25. The Morgan fingerprint density at radius 1 is 0.969 bits per heavy atom. The minimum absolute atomic E-state index is 0.0286. The largest absolute Gasteiger partial charge is 0.508 e. The van der Waals surface area contributed by atoms with Crippen LogP contribution in [0.3, 0.4) is 0 Å². The van der Waals surface area contributed by atoms with E-state index in [4.69, 9.17) is 5.26 Å². The van der Waals surface area contributed by atoms with Gasteiger partial charge >= 0.3 is 0 Å². The number of nitrogens with zero attached hydrogens (tertiary/aromatic N) is 2. The van der Waals surface area contributed by atoms with E-state index in [9.17, 15) is 19.8 Å². The number of carbonyl (C=O) groups is 2. The molecule has 32 heavy (non-hydrogen) atoms. The van der Waals surface area contributed by atoms with Gasteiger partial charge in [0.05, 0.1) is 23.2 Å². The summed E-state index contributed by atoms with van der Waals surface area (Å²) in [6, 6.07) is 18.9. The van der Waals surface area contributed by atoms with Gasteiger partial charge in [-0.3, -0.25) is 14.5 Å². The van der Waals surface area contributed by atoms with Crippen LogP contribution >= 0.6 is 0 Å². The van der Waals surface area contributed by atoms with Gasteiger partial charge in [0.2, 0.25) is 0 Å². The van der Waals surface area contributed by atoms with Gasteiger partial charge in [0.25, 0.3) is 11.7 Å². The summed E-state index contributed by atoms with van der Waals surface area (Å²) in [5.74, 6) is -1.93. The lowest BCUT2D eigenvalue weighted by Crippen LogP contribution is -2.29. The van der Waals surface area contributed by atoms with Crippen LogP contribution in [0.1, 0.15) is 33.9 Å². The topological polar surface area (TPSA) is 102 Å². The summed E-state index contributed by atoms with van der Waals surface area (Å²) >= 11 is 0. The van der Waals surface area contributed by atoms with Gasteiger partial charge in [-0.25, -0.2) is 0 Å². The number of aromatic hydroxyl groups is 1. The fraction of sp³-hybridized carbons (Fsp3) is 0.115. The molecule has 2 N–H and O–H groups in total. The number of nitriles is 1. The molecule has 1 heterocycles. The maximum Gasteiger partial charge on any atom is 0.300 e. The van der Waals surface area contributed by atoms with Crippen LogP contribution in [0.2, 0.25) is 0 Å². The quantitative estimate of drug-likeness (QED) is 0.366. The van der Waals surface area contributed by atoms with Crippen molar-refractivity contribution in [1.82, 2.24) is 0 Å². The summed E-state index contributed by atoms with van der Waals surface area (Å²) in [4.78, 5) is 27.5. The molecule has 1 amide bonds. The number of phenolic OH excluding ortho intramolecular Hbond substituents is 1. The fourth-order valence-electron chi connectivity index (χ4n) is 3.85. The molecule has 0 saturated carbocycles. The predicted octanol–water partition coefficient (Wildman–Crippen LogP) is 4.51. The number of aliphatic hydroxyl groups is 1. The van der Waals surface area contributed by atoms with Gasteiger partial charge in [0, 0.05) is 11.3 Å². The summed E-state index contributed by atoms with van der Waals surface area (Å²) in [6.07, 6.45) is 0. The van der Waals surface area contributed by atoms with E-state index in [1.165, 1.54) is 17.0 Å². The highest BCUT2D eigenvalue weighted by atomic mass is 16.3. The highest BCUT2D eigenvalue weighted by molar-refractivity contribution is 6.51. The Balaban J connectivity index is 1.95. The third kappa shape index (κ3) is 3.50. The van der Waals surface area contributed by atoms with Crippen molar-refractivity contribution in [3.05, 3.63) is 100 Å². The van der Waals surface area contributed by atoms with E-state index >= 15 is 0 Å². The van der Waals surface area contributed by atoms with Crippen LogP contribution in [0.4, 0.5) is 5.69 Å². The van der Waals surface area contributed by atoms with Crippen molar-refractivity contribution < 1.29 is 19.8 Å². The van der Waals surface area contributed by atoms with E-state index in [1.807, 2.05) is 26.0 Å². The molecule has 1 unspecified atom stereocenters. The average Bonchev–Trinajstić information content (AvgIpc) is 3.06. The van der Waals surface area contributed by atoms with Gasteiger partial charge < -0.3 is 10.2 Å². The molecule has 158 valence electrons. The third-order valence-electron chi connectivity index (χ3n) is 5.69. The number of Topliss-reactive ketones (excluding diaryl/α,β-unsaturated/α-hetero) is 1. The molecule has 0 spiro atoms. The molecule has 1 saturated heterocycles. The van der Waals surface area contributed by atoms with Gasteiger partial charge in [0.15, 0.2) is 0 Å². The lowest BCUT2D eigenvalue weighted by molar-refractivity contribution is -0.132. The number of aliphatic hydroxyl groups excluding tert-OH is 1. The van der Waals surface area contributed by atoms with E-state index in [-0.39, 0.29) is 17.1 Å². The molecule has 6 nitrogen and oxygen atoms in total. The molecular formula is C26H20N2O4. The number of amides is 1. The van der Waals surface area contributed by atoms with Crippen molar-refractivity contribution in [2.45, 2.75) is 19.9 Å². The normalized spacial score (nSPS) is 17.4. The Hall–Kier alpha value is -4.37. The fourth-order valence-corrected chi connectivity index (χ4v) is 3.85. The SMILES string of the molecule is Cc1ccc(/C(O)=C2/C(=O)C(=O)N(c3ccc(C#N)cc3)C2c2cccc(O)c2)cc1C. The Bertz CT molecular complexity index is 1320. The Morgan fingerprint density at radius 2 is 1.69 bits per heavy atom. The number of phenols is 1. The molecule has 6 heteroatoms. The van der Waals surface area contributed by atoms with Crippen LogP contribution in [0.15, 0.2) is 72.3 Å². The second kappa shape index (κ2) is 8.05. The number of carbonyl (C=O) groups excluding carboxylic acids is 2. The maximum atomic E-state index is 13.1. The zero-order chi connectivity index (χ0) is 23.0. The third-order valence-corrected chi connectivity index (χ3v) is 5.69. The monoisotopic (exact) mass is 424 g/mol. The van der Waals surface area contributed by atoms with E-state index in [2.05, 4.69) is 0 Å². The van der Waals surface area contributed by atoms with Crippen molar-refractivity contribution in [3.63, 3.8) is 0 Å². The molecule has 1 fully saturated rings. The lowest BCUT2D eigenvalue weighted by Gasteiger charge is -2.25. The number of anilines is 1. The van der Waals surface area contributed by atoms with Crippen molar-refractivity contribution in [2.24, 2.45) is 0 Å². The average molecular weight is 424 g/mol. The first-order valence-electron chi connectivity index (χ1n) is 9.99. The summed E-state index contributed by atoms with van der Waals surface area (Å²) in [5.41, 5.74) is 3.62. The predicted molar refractivity (Wildman–Crippen MR) is 120 cm³/mol. The maximum absolute atomic E-state index is 13.1. The van der Waals surface area contributed by atoms with Gasteiger partial charge in [-0.1, -0.05) is 24.3 Å². The molecule has 4 rings (SSSR count). The minimum atomic E-state index is -0.948. The van der Waals surface area contributed by atoms with Crippen molar-refractivity contribution in [2.75, 3.05) is 4.90 Å². The van der Waals surface area contributed by atoms with E-state index in [0.29, 0.717) is 22.4 Å². The van der Waals surface area contributed by atoms with E-state index < -0.39 is 17.7 Å². The van der Waals surface area contributed by atoms with Crippen LogP contribution < -0.4 is 4.90 Å². The van der Waals surface area contributed by atoms with Crippen LogP contribution in [0.5, 0.6) is 5.75 Å². The molecule has 1 aliphatic heterocycles. The second-order valence-electron chi connectivity index (χ2n) is 7.72. The number of rotatable bonds is 3. The van der Waals surface area contributed by atoms with E-state index in [1.54, 1.807) is 48.5 Å². The first-order chi connectivity index (χ1) is 15.3. The smallest absolute Gasteiger partial charge is 0.300 e.